The summed E-state index contributed by atoms with van der Waals surface area (Å²) in [5, 5.41) is 2.96. The summed E-state index contributed by atoms with van der Waals surface area (Å²) in [5.74, 6) is 0.597. The molecule has 5 heteroatoms. The van der Waals surface area contributed by atoms with Gasteiger partial charge in [0.1, 0.15) is 5.75 Å². The number of carbonyl (C=O) groups is 2. The number of aryl methyl sites for hydroxylation is 1. The molecule has 5 nitrogen and oxygen atoms in total. The quantitative estimate of drug-likeness (QED) is 0.498. The van der Waals surface area contributed by atoms with E-state index in [0.717, 1.165) is 28.8 Å². The zero-order chi connectivity index (χ0) is 24.1. The Labute approximate surface area is 201 Å². The predicted molar refractivity (Wildman–Crippen MR) is 135 cm³/mol. The number of rotatable bonds is 7. The second-order valence-corrected chi connectivity index (χ2v) is 8.74. The van der Waals surface area contributed by atoms with Gasteiger partial charge in [-0.1, -0.05) is 62.4 Å². The minimum absolute atomic E-state index is 0.134. The average Bonchev–Trinajstić information content (AvgIpc) is 2.86. The SMILES string of the molecule is CCC(=O)N1CCc2ccc(O[C@@H](CC)C(=O)Nc3cccc(C)c3)cc2[C@H]1c1ccccc1. The molecular weight excluding hydrogens is 424 g/mol. The number of amides is 2. The molecule has 0 radical (unpaired) electrons. The van der Waals surface area contributed by atoms with E-state index in [1.807, 2.05) is 80.3 Å². The fraction of sp³-hybridized carbons (Fsp3) is 0.310. The highest BCUT2D eigenvalue weighted by Crippen LogP contribution is 2.37. The van der Waals surface area contributed by atoms with Gasteiger partial charge in [0.25, 0.3) is 5.91 Å². The van der Waals surface area contributed by atoms with E-state index < -0.39 is 6.10 Å². The molecule has 3 aromatic carbocycles. The van der Waals surface area contributed by atoms with Crippen LogP contribution in [0.25, 0.3) is 0 Å². The van der Waals surface area contributed by atoms with Gasteiger partial charge in [-0.25, -0.2) is 0 Å². The lowest BCUT2D eigenvalue weighted by Gasteiger charge is -2.38. The molecule has 0 saturated heterocycles. The normalized spacial score (nSPS) is 15.9. The van der Waals surface area contributed by atoms with Crippen molar-refractivity contribution in [3.8, 4) is 5.75 Å². The Kier molecular flexibility index (Phi) is 7.31. The predicted octanol–water partition coefficient (Wildman–Crippen LogP) is 5.68. The van der Waals surface area contributed by atoms with Gasteiger partial charge in [0.15, 0.2) is 6.10 Å². The fourth-order valence-corrected chi connectivity index (χ4v) is 4.57. The Bertz CT molecular complexity index is 1160. The van der Waals surface area contributed by atoms with Gasteiger partial charge < -0.3 is 15.0 Å². The first-order chi connectivity index (χ1) is 16.5. The van der Waals surface area contributed by atoms with Crippen molar-refractivity contribution in [1.82, 2.24) is 4.90 Å². The summed E-state index contributed by atoms with van der Waals surface area (Å²) in [6.45, 7) is 6.52. The maximum atomic E-state index is 12.9. The summed E-state index contributed by atoms with van der Waals surface area (Å²) in [6.07, 6.45) is 1.18. The van der Waals surface area contributed by atoms with E-state index in [9.17, 15) is 9.59 Å². The number of anilines is 1. The lowest BCUT2D eigenvalue weighted by molar-refractivity contribution is -0.133. The van der Waals surface area contributed by atoms with Crippen LogP contribution in [0, 0.1) is 6.92 Å². The summed E-state index contributed by atoms with van der Waals surface area (Å²) in [7, 11) is 0. The molecule has 1 aliphatic heterocycles. The fourth-order valence-electron chi connectivity index (χ4n) is 4.57. The zero-order valence-electron chi connectivity index (χ0n) is 20.1. The van der Waals surface area contributed by atoms with Gasteiger partial charge >= 0.3 is 0 Å². The van der Waals surface area contributed by atoms with Crippen molar-refractivity contribution >= 4 is 17.5 Å². The molecule has 1 aliphatic rings. The third-order valence-corrected chi connectivity index (χ3v) is 6.31. The Hall–Kier alpha value is -3.60. The van der Waals surface area contributed by atoms with Crippen LogP contribution in [0.4, 0.5) is 5.69 Å². The second-order valence-electron chi connectivity index (χ2n) is 8.74. The maximum absolute atomic E-state index is 12.9. The molecule has 2 amide bonds. The standard InChI is InChI=1S/C29H32N2O3/c1-4-26(29(33)30-23-13-9-10-20(3)18-23)34-24-15-14-21-16-17-31(27(32)5-2)28(25(21)19-24)22-11-7-6-8-12-22/h6-15,18-19,26,28H,4-5,16-17H2,1-3H3,(H,30,33)/t26-,28+/m0/s1. The highest BCUT2D eigenvalue weighted by molar-refractivity contribution is 5.94. The third kappa shape index (κ3) is 5.14. The van der Waals surface area contributed by atoms with E-state index in [1.165, 1.54) is 5.56 Å². The first-order valence-electron chi connectivity index (χ1n) is 12.0. The molecule has 4 rings (SSSR count). The summed E-state index contributed by atoms with van der Waals surface area (Å²) >= 11 is 0. The number of nitrogens with one attached hydrogen (secondary N) is 1. The van der Waals surface area contributed by atoms with Crippen molar-refractivity contribution in [2.24, 2.45) is 0 Å². The van der Waals surface area contributed by atoms with E-state index in [2.05, 4.69) is 23.5 Å². The number of benzene rings is 3. The molecule has 0 spiro atoms. The van der Waals surface area contributed by atoms with E-state index >= 15 is 0 Å². The number of carbonyl (C=O) groups excluding carboxylic acids is 2. The number of fused-ring (bicyclic) bond motifs is 1. The summed E-state index contributed by atoms with van der Waals surface area (Å²) < 4.78 is 6.18. The Morgan fingerprint density at radius 3 is 2.53 bits per heavy atom. The first-order valence-corrected chi connectivity index (χ1v) is 12.0. The lowest BCUT2D eigenvalue weighted by atomic mass is 9.87. The van der Waals surface area contributed by atoms with Crippen molar-refractivity contribution in [3.63, 3.8) is 0 Å². The van der Waals surface area contributed by atoms with Crippen molar-refractivity contribution in [1.29, 1.82) is 0 Å². The summed E-state index contributed by atoms with van der Waals surface area (Å²) in [6, 6.07) is 23.7. The Morgan fingerprint density at radius 1 is 1.03 bits per heavy atom. The van der Waals surface area contributed by atoms with Gasteiger partial charge in [0, 0.05) is 18.7 Å². The largest absolute Gasteiger partial charge is 0.481 e. The van der Waals surface area contributed by atoms with Crippen LogP contribution in [0.15, 0.2) is 72.8 Å². The molecule has 0 aliphatic carbocycles. The van der Waals surface area contributed by atoms with Crippen LogP contribution in [0.1, 0.15) is 55.0 Å². The molecule has 2 atom stereocenters. The number of ether oxygens (including phenoxy) is 1. The number of hydrogen-bond acceptors (Lipinski definition) is 3. The minimum atomic E-state index is -0.620. The monoisotopic (exact) mass is 456 g/mol. The topological polar surface area (TPSA) is 58.6 Å². The number of hydrogen-bond donors (Lipinski definition) is 1. The molecule has 0 unspecified atom stereocenters. The van der Waals surface area contributed by atoms with Crippen LogP contribution in [-0.4, -0.2) is 29.4 Å². The van der Waals surface area contributed by atoms with Crippen LogP contribution >= 0.6 is 0 Å². The molecule has 3 aromatic rings. The van der Waals surface area contributed by atoms with Crippen LogP contribution in [0.5, 0.6) is 5.75 Å². The van der Waals surface area contributed by atoms with E-state index in [1.54, 1.807) is 0 Å². The minimum Gasteiger partial charge on any atom is -0.481 e. The molecule has 176 valence electrons. The molecule has 0 saturated carbocycles. The van der Waals surface area contributed by atoms with E-state index in [-0.39, 0.29) is 17.9 Å². The molecule has 34 heavy (non-hydrogen) atoms. The van der Waals surface area contributed by atoms with E-state index in [4.69, 9.17) is 4.74 Å². The molecule has 1 heterocycles. The van der Waals surface area contributed by atoms with Gasteiger partial charge in [-0.15, -0.1) is 0 Å². The van der Waals surface area contributed by atoms with Gasteiger partial charge in [-0.05, 0) is 66.3 Å². The van der Waals surface area contributed by atoms with Crippen LogP contribution in [-0.2, 0) is 16.0 Å². The maximum Gasteiger partial charge on any atom is 0.265 e. The van der Waals surface area contributed by atoms with Crippen LogP contribution in [0.2, 0.25) is 0 Å². The van der Waals surface area contributed by atoms with Gasteiger partial charge in [0.2, 0.25) is 5.91 Å². The Balaban J connectivity index is 1.61. The second kappa shape index (κ2) is 10.6. The van der Waals surface area contributed by atoms with Gasteiger partial charge in [-0.2, -0.15) is 0 Å². The third-order valence-electron chi connectivity index (χ3n) is 6.31. The van der Waals surface area contributed by atoms with Crippen molar-refractivity contribution in [2.45, 2.75) is 52.2 Å². The highest BCUT2D eigenvalue weighted by atomic mass is 16.5. The van der Waals surface area contributed by atoms with Gasteiger partial charge in [0.05, 0.1) is 6.04 Å². The lowest BCUT2D eigenvalue weighted by Crippen LogP contribution is -2.40. The van der Waals surface area contributed by atoms with Crippen LogP contribution < -0.4 is 10.1 Å². The zero-order valence-corrected chi connectivity index (χ0v) is 20.1. The summed E-state index contributed by atoms with van der Waals surface area (Å²) in [4.78, 5) is 27.7. The summed E-state index contributed by atoms with van der Waals surface area (Å²) in [5.41, 5.74) is 5.19. The van der Waals surface area contributed by atoms with Crippen molar-refractivity contribution in [3.05, 3.63) is 95.1 Å². The van der Waals surface area contributed by atoms with Gasteiger partial charge in [-0.3, -0.25) is 9.59 Å². The Morgan fingerprint density at radius 2 is 1.82 bits per heavy atom. The molecule has 1 N–H and O–H groups in total. The number of nitrogens with zero attached hydrogens (tertiary/aromatic N) is 1. The highest BCUT2D eigenvalue weighted by Gasteiger charge is 2.32. The molecular formula is C29H32N2O3. The molecule has 0 aromatic heterocycles. The average molecular weight is 457 g/mol. The van der Waals surface area contributed by atoms with Crippen LogP contribution in [0.3, 0.4) is 0 Å². The molecule has 0 bridgehead atoms. The van der Waals surface area contributed by atoms with E-state index in [0.29, 0.717) is 25.1 Å². The molecule has 0 fully saturated rings. The van der Waals surface area contributed by atoms with Crippen molar-refractivity contribution in [2.75, 3.05) is 11.9 Å². The smallest absolute Gasteiger partial charge is 0.265 e. The first kappa shape index (κ1) is 23.6. The van der Waals surface area contributed by atoms with Crippen molar-refractivity contribution < 1.29 is 14.3 Å².